The van der Waals surface area contributed by atoms with Gasteiger partial charge < -0.3 is 9.64 Å². The van der Waals surface area contributed by atoms with Gasteiger partial charge in [0.2, 0.25) is 5.91 Å². The van der Waals surface area contributed by atoms with E-state index >= 15 is 0 Å². The molecule has 1 aromatic heterocycles. The van der Waals surface area contributed by atoms with Crippen molar-refractivity contribution in [3.8, 4) is 0 Å². The van der Waals surface area contributed by atoms with Crippen LogP contribution in [0.1, 0.15) is 18.1 Å². The maximum Gasteiger partial charge on any atom is 0.261 e. The molecule has 0 aromatic carbocycles. The van der Waals surface area contributed by atoms with Gasteiger partial charge in [0.1, 0.15) is 12.4 Å². The summed E-state index contributed by atoms with van der Waals surface area (Å²) in [7, 11) is 1.60. The van der Waals surface area contributed by atoms with Crippen LogP contribution in [0, 0.1) is 6.92 Å². The van der Waals surface area contributed by atoms with E-state index in [0.717, 1.165) is 0 Å². The second-order valence-corrected chi connectivity index (χ2v) is 3.80. The number of alkyl halides is 2. The Morgan fingerprint density at radius 1 is 1.56 bits per heavy atom. The molecule has 0 saturated carbocycles. The Labute approximate surface area is 103 Å². The number of nitrogens with zero attached hydrogens (tertiary/aromatic N) is 3. The molecule has 0 radical (unpaired) electrons. The van der Waals surface area contributed by atoms with Gasteiger partial charge in [-0.2, -0.15) is 5.10 Å². The van der Waals surface area contributed by atoms with E-state index < -0.39 is 13.0 Å². The molecule has 6 nitrogen and oxygen atoms in total. The average molecular weight is 262 g/mol. The van der Waals surface area contributed by atoms with Crippen LogP contribution in [0.4, 0.5) is 8.78 Å². The Morgan fingerprint density at radius 2 is 2.28 bits per heavy atom. The molecule has 0 saturated heterocycles. The summed E-state index contributed by atoms with van der Waals surface area (Å²) in [5.74, 6) is 0.981. The summed E-state index contributed by atoms with van der Waals surface area (Å²) in [4.78, 5) is 17.1. The van der Waals surface area contributed by atoms with E-state index in [-0.39, 0.29) is 25.5 Å². The highest BCUT2D eigenvalue weighted by Crippen LogP contribution is 2.00. The molecular weight excluding hydrogens is 246 g/mol. The van der Waals surface area contributed by atoms with E-state index in [1.165, 1.54) is 4.90 Å². The molecular formula is C10H16F2N4O2. The van der Waals surface area contributed by atoms with E-state index in [1.807, 2.05) is 0 Å². The second kappa shape index (κ2) is 7.00. The van der Waals surface area contributed by atoms with Crippen LogP contribution in [-0.4, -0.2) is 52.7 Å². The number of nitrogens with one attached hydrogen (secondary N) is 1. The van der Waals surface area contributed by atoms with Crippen LogP contribution in [0.5, 0.6) is 0 Å². The number of aromatic nitrogens is 3. The van der Waals surface area contributed by atoms with Gasteiger partial charge in [-0.1, -0.05) is 0 Å². The fourth-order valence-electron chi connectivity index (χ4n) is 1.28. The molecule has 0 fully saturated rings. The van der Waals surface area contributed by atoms with Crippen LogP contribution >= 0.6 is 0 Å². The van der Waals surface area contributed by atoms with Crippen LogP contribution in [0.3, 0.4) is 0 Å². The molecule has 1 N–H and O–H groups in total. The van der Waals surface area contributed by atoms with Crippen molar-refractivity contribution < 1.29 is 18.3 Å². The third kappa shape index (κ3) is 5.17. The largest absolute Gasteiger partial charge is 0.375 e. The predicted molar refractivity (Wildman–Crippen MR) is 59.0 cm³/mol. The van der Waals surface area contributed by atoms with E-state index in [9.17, 15) is 13.6 Å². The van der Waals surface area contributed by atoms with Crippen LogP contribution in [-0.2, 0) is 16.1 Å². The van der Waals surface area contributed by atoms with E-state index in [0.29, 0.717) is 11.6 Å². The Bertz CT molecular complexity index is 384. The summed E-state index contributed by atoms with van der Waals surface area (Å²) in [5, 5.41) is 6.57. The standard InChI is InChI=1S/C10H16F2N4O2/c1-7-13-9(15-14-7)5-16(2)10(17)3-4-18-6-8(11)12/h8H,3-6H2,1-2H3,(H,13,14,15). The molecule has 0 aliphatic heterocycles. The van der Waals surface area contributed by atoms with Gasteiger partial charge in [-0.25, -0.2) is 13.8 Å². The van der Waals surface area contributed by atoms with Crippen molar-refractivity contribution in [3.05, 3.63) is 11.6 Å². The van der Waals surface area contributed by atoms with Crippen molar-refractivity contribution in [1.29, 1.82) is 0 Å². The lowest BCUT2D eigenvalue weighted by Crippen LogP contribution is -2.27. The first-order valence-corrected chi connectivity index (χ1v) is 5.46. The Kier molecular flexibility index (Phi) is 5.63. The van der Waals surface area contributed by atoms with Gasteiger partial charge in [-0.15, -0.1) is 0 Å². The van der Waals surface area contributed by atoms with Gasteiger partial charge in [0, 0.05) is 7.05 Å². The highest BCUT2D eigenvalue weighted by atomic mass is 19.3. The minimum Gasteiger partial charge on any atom is -0.375 e. The number of halogens is 2. The molecule has 1 amide bonds. The number of rotatable bonds is 7. The van der Waals surface area contributed by atoms with Crippen molar-refractivity contribution in [1.82, 2.24) is 20.1 Å². The summed E-state index contributed by atoms with van der Waals surface area (Å²) in [6, 6.07) is 0. The second-order valence-electron chi connectivity index (χ2n) is 3.80. The van der Waals surface area contributed by atoms with Crippen molar-refractivity contribution in [2.45, 2.75) is 26.3 Å². The number of carbonyl (C=O) groups is 1. The van der Waals surface area contributed by atoms with Crippen molar-refractivity contribution >= 4 is 5.91 Å². The van der Waals surface area contributed by atoms with Crippen molar-refractivity contribution in [3.63, 3.8) is 0 Å². The van der Waals surface area contributed by atoms with Crippen LogP contribution in [0.2, 0.25) is 0 Å². The molecule has 0 bridgehead atoms. The summed E-state index contributed by atoms with van der Waals surface area (Å²) < 4.78 is 28.2. The summed E-state index contributed by atoms with van der Waals surface area (Å²) >= 11 is 0. The molecule has 1 aromatic rings. The number of hydrogen-bond acceptors (Lipinski definition) is 4. The third-order valence-electron chi connectivity index (χ3n) is 2.15. The Hall–Kier alpha value is -1.57. The maximum atomic E-state index is 11.8. The molecule has 18 heavy (non-hydrogen) atoms. The summed E-state index contributed by atoms with van der Waals surface area (Å²) in [6.07, 6.45) is -2.44. The summed E-state index contributed by atoms with van der Waals surface area (Å²) in [5.41, 5.74) is 0. The zero-order chi connectivity index (χ0) is 13.5. The Morgan fingerprint density at radius 3 is 2.83 bits per heavy atom. The lowest BCUT2D eigenvalue weighted by atomic mass is 10.4. The number of ether oxygens (including phenoxy) is 1. The summed E-state index contributed by atoms with van der Waals surface area (Å²) in [6.45, 7) is 1.38. The first-order chi connectivity index (χ1) is 8.49. The van der Waals surface area contributed by atoms with Gasteiger partial charge in [0.15, 0.2) is 5.82 Å². The number of H-pyrrole nitrogens is 1. The molecule has 0 aliphatic carbocycles. The fraction of sp³-hybridized carbons (Fsp3) is 0.700. The van der Waals surface area contributed by atoms with E-state index in [1.54, 1.807) is 14.0 Å². The molecule has 102 valence electrons. The quantitative estimate of drug-likeness (QED) is 0.736. The zero-order valence-electron chi connectivity index (χ0n) is 10.3. The highest BCUT2D eigenvalue weighted by Gasteiger charge is 2.12. The monoisotopic (exact) mass is 262 g/mol. The maximum absolute atomic E-state index is 11.8. The minimum absolute atomic E-state index is 0.0134. The lowest BCUT2D eigenvalue weighted by molar-refractivity contribution is -0.132. The van der Waals surface area contributed by atoms with Gasteiger partial charge in [0.05, 0.1) is 19.6 Å². The van der Waals surface area contributed by atoms with E-state index in [2.05, 4.69) is 19.9 Å². The van der Waals surface area contributed by atoms with Gasteiger partial charge in [0.25, 0.3) is 6.43 Å². The predicted octanol–water partition coefficient (Wildman–Crippen LogP) is 0.743. The molecule has 8 heteroatoms. The van der Waals surface area contributed by atoms with Crippen LogP contribution in [0.15, 0.2) is 0 Å². The molecule has 0 aliphatic rings. The number of amides is 1. The van der Waals surface area contributed by atoms with Gasteiger partial charge >= 0.3 is 0 Å². The fourth-order valence-corrected chi connectivity index (χ4v) is 1.28. The first kappa shape index (κ1) is 14.5. The number of aromatic amines is 1. The average Bonchev–Trinajstić information content (AvgIpc) is 2.69. The molecule has 0 spiro atoms. The normalized spacial score (nSPS) is 10.9. The molecule has 1 rings (SSSR count). The minimum atomic E-state index is -2.51. The zero-order valence-corrected chi connectivity index (χ0v) is 10.3. The smallest absolute Gasteiger partial charge is 0.261 e. The van der Waals surface area contributed by atoms with E-state index in [4.69, 9.17) is 0 Å². The molecule has 1 heterocycles. The SMILES string of the molecule is Cc1nc(CN(C)C(=O)CCOCC(F)F)n[nH]1. The molecule has 0 atom stereocenters. The van der Waals surface area contributed by atoms with Crippen LogP contribution < -0.4 is 0 Å². The Balaban J connectivity index is 2.24. The number of aryl methyl sites for hydroxylation is 1. The number of carbonyl (C=O) groups excluding carboxylic acids is 1. The lowest BCUT2D eigenvalue weighted by Gasteiger charge is -2.15. The third-order valence-corrected chi connectivity index (χ3v) is 2.15. The number of hydrogen-bond donors (Lipinski definition) is 1. The first-order valence-electron chi connectivity index (χ1n) is 5.46. The molecule has 0 unspecified atom stereocenters. The topological polar surface area (TPSA) is 71.1 Å². The van der Waals surface area contributed by atoms with Crippen LogP contribution in [0.25, 0.3) is 0 Å². The highest BCUT2D eigenvalue weighted by molar-refractivity contribution is 5.75. The van der Waals surface area contributed by atoms with Crippen molar-refractivity contribution in [2.75, 3.05) is 20.3 Å². The van der Waals surface area contributed by atoms with Gasteiger partial charge in [-0.05, 0) is 6.92 Å². The van der Waals surface area contributed by atoms with Gasteiger partial charge in [-0.3, -0.25) is 9.89 Å². The van der Waals surface area contributed by atoms with Crippen molar-refractivity contribution in [2.24, 2.45) is 0 Å².